The van der Waals surface area contributed by atoms with E-state index in [0.717, 1.165) is 25.3 Å². The number of hydrogen-bond donors (Lipinski definition) is 0. The van der Waals surface area contributed by atoms with Crippen molar-refractivity contribution in [2.24, 2.45) is 5.41 Å². The smallest absolute Gasteiger partial charge is 0.343 e. The van der Waals surface area contributed by atoms with Crippen molar-refractivity contribution in [2.45, 2.75) is 20.3 Å². The Hall–Kier alpha value is -1.78. The van der Waals surface area contributed by atoms with Gasteiger partial charge in [-0.15, -0.1) is 0 Å². The number of nitrogens with zero attached hydrogens (tertiary/aromatic N) is 2. The van der Waals surface area contributed by atoms with E-state index in [1.807, 2.05) is 6.07 Å². The maximum absolute atomic E-state index is 11.6. The van der Waals surface area contributed by atoms with Gasteiger partial charge in [0.2, 0.25) is 5.88 Å². The molecule has 1 saturated heterocycles. The summed E-state index contributed by atoms with van der Waals surface area (Å²) in [5.41, 5.74) is 0.655. The number of carbonyl (C=O) groups is 1. The van der Waals surface area contributed by atoms with Gasteiger partial charge >= 0.3 is 5.97 Å². The summed E-state index contributed by atoms with van der Waals surface area (Å²) in [6.45, 7) is 6.42. The van der Waals surface area contributed by atoms with E-state index < -0.39 is 5.97 Å². The Labute approximate surface area is 113 Å². The summed E-state index contributed by atoms with van der Waals surface area (Å²) in [7, 11) is 2.85. The highest BCUT2D eigenvalue weighted by Crippen LogP contribution is 2.32. The topological polar surface area (TPSA) is 51.7 Å². The zero-order valence-electron chi connectivity index (χ0n) is 11.9. The first-order chi connectivity index (χ1) is 8.96. The first kappa shape index (κ1) is 13.6. The van der Waals surface area contributed by atoms with E-state index in [0.29, 0.717) is 16.9 Å². The molecule has 0 amide bonds. The molecule has 0 bridgehead atoms. The third-order valence-electron chi connectivity index (χ3n) is 3.45. The molecule has 2 heterocycles. The fourth-order valence-corrected chi connectivity index (χ4v) is 2.34. The number of hydrogen-bond acceptors (Lipinski definition) is 5. The van der Waals surface area contributed by atoms with E-state index in [2.05, 4.69) is 23.7 Å². The summed E-state index contributed by atoms with van der Waals surface area (Å²) in [6, 6.07) is 3.55. The van der Waals surface area contributed by atoms with Crippen molar-refractivity contribution >= 4 is 11.8 Å². The average molecular weight is 264 g/mol. The highest BCUT2D eigenvalue weighted by Gasteiger charge is 2.30. The Balaban J connectivity index is 2.27. The summed E-state index contributed by atoms with van der Waals surface area (Å²) in [6.07, 6.45) is 1.13. The molecule has 1 aromatic rings. The van der Waals surface area contributed by atoms with Gasteiger partial charge < -0.3 is 14.4 Å². The molecule has 1 aromatic heterocycles. The highest BCUT2D eigenvalue weighted by atomic mass is 16.5. The highest BCUT2D eigenvalue weighted by molar-refractivity contribution is 5.92. The number of aromatic nitrogens is 1. The summed E-state index contributed by atoms with van der Waals surface area (Å²) in [4.78, 5) is 18.2. The lowest BCUT2D eigenvalue weighted by atomic mass is 9.93. The predicted octanol–water partition coefficient (Wildman–Crippen LogP) is 2.11. The van der Waals surface area contributed by atoms with Crippen molar-refractivity contribution in [1.82, 2.24) is 4.98 Å². The second-order valence-corrected chi connectivity index (χ2v) is 5.55. The van der Waals surface area contributed by atoms with Crippen LogP contribution < -0.4 is 9.64 Å². The van der Waals surface area contributed by atoms with Gasteiger partial charge in [0.25, 0.3) is 0 Å². The van der Waals surface area contributed by atoms with Crippen LogP contribution in [0.1, 0.15) is 30.6 Å². The zero-order valence-corrected chi connectivity index (χ0v) is 11.9. The van der Waals surface area contributed by atoms with Gasteiger partial charge in [0.15, 0.2) is 0 Å². The van der Waals surface area contributed by atoms with E-state index in [-0.39, 0.29) is 0 Å². The van der Waals surface area contributed by atoms with Crippen LogP contribution in [-0.4, -0.2) is 38.3 Å². The van der Waals surface area contributed by atoms with Gasteiger partial charge in [-0.25, -0.2) is 4.79 Å². The average Bonchev–Trinajstić information content (AvgIpc) is 2.77. The van der Waals surface area contributed by atoms with Crippen molar-refractivity contribution < 1.29 is 14.3 Å². The predicted molar refractivity (Wildman–Crippen MR) is 72.7 cm³/mol. The summed E-state index contributed by atoms with van der Waals surface area (Å²) < 4.78 is 9.89. The third-order valence-corrected chi connectivity index (χ3v) is 3.45. The Morgan fingerprint density at radius 2 is 2.11 bits per heavy atom. The molecule has 5 nitrogen and oxygen atoms in total. The van der Waals surface area contributed by atoms with E-state index in [1.165, 1.54) is 14.2 Å². The second-order valence-electron chi connectivity index (χ2n) is 5.55. The van der Waals surface area contributed by atoms with Gasteiger partial charge in [-0.2, -0.15) is 4.98 Å². The molecular formula is C14H20N2O3. The van der Waals surface area contributed by atoms with E-state index in [9.17, 15) is 4.79 Å². The number of ether oxygens (including phenoxy) is 2. The van der Waals surface area contributed by atoms with E-state index in [1.54, 1.807) is 6.07 Å². The minimum atomic E-state index is -0.433. The third kappa shape index (κ3) is 2.80. The molecule has 1 aliphatic heterocycles. The second kappa shape index (κ2) is 5.07. The fraction of sp³-hybridized carbons (Fsp3) is 0.571. The lowest BCUT2D eigenvalue weighted by Gasteiger charge is -2.21. The van der Waals surface area contributed by atoms with Crippen molar-refractivity contribution in [3.63, 3.8) is 0 Å². The summed E-state index contributed by atoms with van der Waals surface area (Å²) in [5.74, 6) is 0.724. The SMILES string of the molecule is COC(=O)c1ccc(N2CCC(C)(C)C2)nc1OC. The molecule has 1 aliphatic rings. The van der Waals surface area contributed by atoms with Crippen LogP contribution in [0.2, 0.25) is 0 Å². The maximum Gasteiger partial charge on any atom is 0.343 e. The number of pyridine rings is 1. The van der Waals surface area contributed by atoms with Gasteiger partial charge in [-0.05, 0) is 24.0 Å². The molecule has 0 unspecified atom stereocenters. The van der Waals surface area contributed by atoms with Gasteiger partial charge in [0.05, 0.1) is 14.2 Å². The number of anilines is 1. The molecule has 0 saturated carbocycles. The van der Waals surface area contributed by atoms with Gasteiger partial charge in [-0.1, -0.05) is 13.8 Å². The first-order valence-corrected chi connectivity index (χ1v) is 6.35. The molecule has 1 fully saturated rings. The summed E-state index contributed by atoms with van der Waals surface area (Å²) in [5, 5.41) is 0. The molecule has 0 radical (unpaired) electrons. The first-order valence-electron chi connectivity index (χ1n) is 6.35. The van der Waals surface area contributed by atoms with Crippen LogP contribution in [0.25, 0.3) is 0 Å². The minimum absolute atomic E-state index is 0.302. The number of esters is 1. The lowest BCUT2D eigenvalue weighted by molar-refractivity contribution is 0.0596. The monoisotopic (exact) mass is 264 g/mol. The van der Waals surface area contributed by atoms with E-state index >= 15 is 0 Å². The largest absolute Gasteiger partial charge is 0.480 e. The Morgan fingerprint density at radius 3 is 2.63 bits per heavy atom. The molecule has 0 spiro atoms. The number of methoxy groups -OCH3 is 2. The Kier molecular flexibility index (Phi) is 3.64. The van der Waals surface area contributed by atoms with Gasteiger partial charge in [0, 0.05) is 13.1 Å². The van der Waals surface area contributed by atoms with Crippen LogP contribution in [0.5, 0.6) is 5.88 Å². The van der Waals surface area contributed by atoms with Gasteiger partial charge in [0.1, 0.15) is 11.4 Å². The lowest BCUT2D eigenvalue weighted by Crippen LogP contribution is -2.24. The van der Waals surface area contributed by atoms with E-state index in [4.69, 9.17) is 9.47 Å². The molecule has 19 heavy (non-hydrogen) atoms. The molecular weight excluding hydrogens is 244 g/mol. The normalized spacial score (nSPS) is 17.4. The minimum Gasteiger partial charge on any atom is -0.480 e. The quantitative estimate of drug-likeness (QED) is 0.783. The van der Waals surface area contributed by atoms with Crippen LogP contribution in [0.3, 0.4) is 0 Å². The standard InChI is InChI=1S/C14H20N2O3/c1-14(2)7-8-16(9-14)11-6-5-10(13(17)19-4)12(15-11)18-3/h5-6H,7-9H2,1-4H3. The zero-order chi connectivity index (χ0) is 14.0. The molecule has 104 valence electrons. The number of rotatable bonds is 3. The van der Waals surface area contributed by atoms with Crippen LogP contribution in [0.4, 0.5) is 5.82 Å². The Morgan fingerprint density at radius 1 is 1.37 bits per heavy atom. The van der Waals surface area contributed by atoms with Crippen molar-refractivity contribution in [1.29, 1.82) is 0 Å². The molecule has 0 atom stereocenters. The van der Waals surface area contributed by atoms with Crippen LogP contribution in [-0.2, 0) is 4.74 Å². The van der Waals surface area contributed by atoms with Crippen LogP contribution >= 0.6 is 0 Å². The van der Waals surface area contributed by atoms with Crippen LogP contribution in [0, 0.1) is 5.41 Å². The molecule has 5 heteroatoms. The Bertz CT molecular complexity index is 486. The van der Waals surface area contributed by atoms with Crippen molar-refractivity contribution in [3.05, 3.63) is 17.7 Å². The van der Waals surface area contributed by atoms with Crippen molar-refractivity contribution in [2.75, 3.05) is 32.2 Å². The maximum atomic E-state index is 11.6. The van der Waals surface area contributed by atoms with Crippen LogP contribution in [0.15, 0.2) is 12.1 Å². The van der Waals surface area contributed by atoms with Gasteiger partial charge in [-0.3, -0.25) is 0 Å². The fourth-order valence-electron chi connectivity index (χ4n) is 2.34. The molecule has 0 aliphatic carbocycles. The molecule has 2 rings (SSSR count). The summed E-state index contributed by atoms with van der Waals surface area (Å²) >= 11 is 0. The molecule has 0 aromatic carbocycles. The number of carbonyl (C=O) groups excluding carboxylic acids is 1. The molecule has 0 N–H and O–H groups in total. The van der Waals surface area contributed by atoms with Crippen molar-refractivity contribution in [3.8, 4) is 5.88 Å².